The van der Waals surface area contributed by atoms with Crippen LogP contribution < -0.4 is 10.2 Å². The van der Waals surface area contributed by atoms with Gasteiger partial charge in [-0.25, -0.2) is 4.98 Å². The number of hydrogen-bond acceptors (Lipinski definition) is 4. The average Bonchev–Trinajstić information content (AvgIpc) is 2.90. The number of nitrogens with zero attached hydrogens (tertiary/aromatic N) is 2. The van der Waals surface area contributed by atoms with Gasteiger partial charge in [-0.1, -0.05) is 29.5 Å². The van der Waals surface area contributed by atoms with Crippen LogP contribution in [0.2, 0.25) is 4.34 Å². The maximum Gasteiger partial charge on any atom is 0.257 e. The minimum atomic E-state index is -0.287. The molecule has 0 fully saturated rings. The normalized spacial score (nSPS) is 10.0. The molecule has 5 nitrogen and oxygen atoms in total. The fourth-order valence-electron chi connectivity index (χ4n) is 1.58. The molecule has 1 aromatic carbocycles. The van der Waals surface area contributed by atoms with Crippen molar-refractivity contribution in [1.82, 2.24) is 4.98 Å². The van der Waals surface area contributed by atoms with Crippen LogP contribution in [0, 0.1) is 0 Å². The van der Waals surface area contributed by atoms with E-state index in [4.69, 9.17) is 11.6 Å². The first-order chi connectivity index (χ1) is 10.0. The van der Waals surface area contributed by atoms with Crippen LogP contribution in [0.4, 0.5) is 10.8 Å². The van der Waals surface area contributed by atoms with E-state index >= 15 is 0 Å². The summed E-state index contributed by atoms with van der Waals surface area (Å²) in [5.41, 5.74) is 1.14. The lowest BCUT2D eigenvalue weighted by Gasteiger charge is -2.15. The van der Waals surface area contributed by atoms with E-state index in [9.17, 15) is 9.59 Å². The van der Waals surface area contributed by atoms with Crippen LogP contribution in [0.3, 0.4) is 0 Å². The predicted molar refractivity (Wildman–Crippen MR) is 85.1 cm³/mol. The van der Waals surface area contributed by atoms with Crippen molar-refractivity contribution in [1.29, 1.82) is 0 Å². The number of rotatable bonds is 4. The number of thiazole rings is 1. The summed E-state index contributed by atoms with van der Waals surface area (Å²) in [6, 6.07) is 6.63. The summed E-state index contributed by atoms with van der Waals surface area (Å²) in [6.07, 6.45) is 2.70. The number of carbonyl (C=O) groups excluding carboxylic acids is 2. The number of amides is 2. The van der Waals surface area contributed by atoms with Gasteiger partial charge >= 0.3 is 0 Å². The van der Waals surface area contributed by atoms with Crippen LogP contribution in [0.1, 0.15) is 10.4 Å². The Labute approximate surface area is 130 Å². The molecule has 0 saturated heterocycles. The first-order valence-corrected chi connectivity index (χ1v) is 7.13. The van der Waals surface area contributed by atoms with Crippen molar-refractivity contribution in [3.8, 4) is 0 Å². The molecule has 0 unspecified atom stereocenters. The molecule has 2 aromatic rings. The summed E-state index contributed by atoms with van der Waals surface area (Å²) in [6.45, 7) is 3.43. The van der Waals surface area contributed by atoms with Gasteiger partial charge in [0.05, 0.1) is 6.20 Å². The lowest BCUT2D eigenvalue weighted by molar-refractivity contribution is -0.113. The van der Waals surface area contributed by atoms with Crippen LogP contribution in [0.25, 0.3) is 0 Å². The molecule has 2 rings (SSSR count). The Morgan fingerprint density at radius 1 is 1.38 bits per heavy atom. The number of hydrogen-bond donors (Lipinski definition) is 1. The van der Waals surface area contributed by atoms with Gasteiger partial charge in [0.2, 0.25) is 5.91 Å². The molecule has 0 bridgehead atoms. The first kappa shape index (κ1) is 15.2. The molecule has 108 valence electrons. The van der Waals surface area contributed by atoms with Crippen molar-refractivity contribution in [2.45, 2.75) is 0 Å². The molecule has 0 aliphatic heterocycles. The maximum atomic E-state index is 12.0. The summed E-state index contributed by atoms with van der Waals surface area (Å²) in [7, 11) is 1.64. The van der Waals surface area contributed by atoms with E-state index in [0.717, 1.165) is 0 Å². The summed E-state index contributed by atoms with van der Waals surface area (Å²) >= 11 is 6.93. The topological polar surface area (TPSA) is 62.3 Å². The molecule has 1 aromatic heterocycles. The molecular weight excluding hydrogens is 310 g/mol. The van der Waals surface area contributed by atoms with Gasteiger partial charge in [0.1, 0.15) is 4.34 Å². The third-order valence-electron chi connectivity index (χ3n) is 2.72. The zero-order valence-corrected chi connectivity index (χ0v) is 12.7. The highest BCUT2D eigenvalue weighted by atomic mass is 35.5. The van der Waals surface area contributed by atoms with Crippen LogP contribution in [-0.4, -0.2) is 23.8 Å². The third-order valence-corrected chi connectivity index (χ3v) is 3.75. The maximum absolute atomic E-state index is 12.0. The first-order valence-electron chi connectivity index (χ1n) is 5.94. The highest BCUT2D eigenvalue weighted by Gasteiger charge is 2.11. The van der Waals surface area contributed by atoms with Crippen molar-refractivity contribution in [2.24, 2.45) is 0 Å². The standard InChI is InChI=1S/C14H12ClN3O2S/c1-3-12(19)18(2)10-6-4-9(5-7-10)13(20)17-14-16-8-11(15)21-14/h3-8H,1H2,2H3,(H,16,17,20). The van der Waals surface area contributed by atoms with Crippen molar-refractivity contribution >= 4 is 45.6 Å². The molecule has 0 atom stereocenters. The van der Waals surface area contributed by atoms with E-state index in [2.05, 4.69) is 16.9 Å². The van der Waals surface area contributed by atoms with Crippen molar-refractivity contribution in [2.75, 3.05) is 17.3 Å². The van der Waals surface area contributed by atoms with E-state index in [1.54, 1.807) is 31.3 Å². The van der Waals surface area contributed by atoms with E-state index in [1.165, 1.54) is 28.5 Å². The summed E-state index contributed by atoms with van der Waals surface area (Å²) in [5, 5.41) is 3.09. The van der Waals surface area contributed by atoms with E-state index in [1.807, 2.05) is 0 Å². The molecule has 0 aliphatic rings. The predicted octanol–water partition coefficient (Wildman–Crippen LogP) is 3.20. The molecule has 7 heteroatoms. The number of likely N-dealkylation sites (N-methyl/N-ethyl adjacent to an activating group) is 1. The second kappa shape index (κ2) is 6.51. The monoisotopic (exact) mass is 321 g/mol. The van der Waals surface area contributed by atoms with Crippen LogP contribution >= 0.6 is 22.9 Å². The quantitative estimate of drug-likeness (QED) is 0.880. The van der Waals surface area contributed by atoms with Crippen molar-refractivity contribution in [3.63, 3.8) is 0 Å². The van der Waals surface area contributed by atoms with Crippen LogP contribution in [0.15, 0.2) is 43.1 Å². The molecule has 1 heterocycles. The Morgan fingerprint density at radius 3 is 2.57 bits per heavy atom. The average molecular weight is 322 g/mol. The number of aromatic nitrogens is 1. The highest BCUT2D eigenvalue weighted by molar-refractivity contribution is 7.19. The number of carbonyl (C=O) groups is 2. The number of halogens is 1. The van der Waals surface area contributed by atoms with Gasteiger partial charge in [-0.2, -0.15) is 0 Å². The van der Waals surface area contributed by atoms with E-state index in [-0.39, 0.29) is 11.8 Å². The summed E-state index contributed by atoms with van der Waals surface area (Å²) in [4.78, 5) is 28.9. The highest BCUT2D eigenvalue weighted by Crippen LogP contribution is 2.23. The van der Waals surface area contributed by atoms with Crippen LogP contribution in [0.5, 0.6) is 0 Å². The zero-order valence-electron chi connectivity index (χ0n) is 11.2. The van der Waals surface area contributed by atoms with Crippen molar-refractivity contribution < 1.29 is 9.59 Å². The SMILES string of the molecule is C=CC(=O)N(C)c1ccc(C(=O)Nc2ncc(Cl)s2)cc1. The Hall–Kier alpha value is -2.18. The smallest absolute Gasteiger partial charge is 0.257 e. The molecule has 0 aliphatic carbocycles. The van der Waals surface area contributed by atoms with Crippen molar-refractivity contribution in [3.05, 3.63) is 53.0 Å². The van der Waals surface area contributed by atoms with Gasteiger partial charge < -0.3 is 4.90 Å². The van der Waals surface area contributed by atoms with Gasteiger partial charge in [0.15, 0.2) is 5.13 Å². The Balaban J connectivity index is 2.09. The van der Waals surface area contributed by atoms with E-state index in [0.29, 0.717) is 20.7 Å². The number of anilines is 2. The summed E-state index contributed by atoms with van der Waals surface area (Å²) < 4.78 is 0.505. The van der Waals surface area contributed by atoms with Gasteiger partial charge in [-0.05, 0) is 30.3 Å². The third kappa shape index (κ3) is 3.68. The Bertz CT molecular complexity index is 682. The Morgan fingerprint density at radius 2 is 2.05 bits per heavy atom. The van der Waals surface area contributed by atoms with Gasteiger partial charge in [0, 0.05) is 18.3 Å². The molecule has 1 N–H and O–H groups in total. The number of benzene rings is 1. The molecule has 0 saturated carbocycles. The van der Waals surface area contributed by atoms with Crippen LogP contribution in [-0.2, 0) is 4.79 Å². The lowest BCUT2D eigenvalue weighted by atomic mass is 10.2. The second-order valence-electron chi connectivity index (χ2n) is 4.07. The fraction of sp³-hybridized carbons (Fsp3) is 0.0714. The Kier molecular flexibility index (Phi) is 4.72. The minimum absolute atomic E-state index is 0.218. The number of nitrogens with one attached hydrogen (secondary N) is 1. The largest absolute Gasteiger partial charge is 0.312 e. The fourth-order valence-corrected chi connectivity index (χ4v) is 2.39. The summed E-state index contributed by atoms with van der Waals surface area (Å²) in [5.74, 6) is -0.505. The van der Waals surface area contributed by atoms with E-state index < -0.39 is 0 Å². The molecule has 2 amide bonds. The van der Waals surface area contributed by atoms with Gasteiger partial charge in [-0.3, -0.25) is 14.9 Å². The molecular formula is C14H12ClN3O2S. The zero-order chi connectivity index (χ0) is 15.4. The minimum Gasteiger partial charge on any atom is -0.312 e. The molecule has 21 heavy (non-hydrogen) atoms. The molecule has 0 radical (unpaired) electrons. The van der Waals surface area contributed by atoms with Gasteiger partial charge in [0.25, 0.3) is 5.91 Å². The second-order valence-corrected chi connectivity index (χ2v) is 5.73. The van der Waals surface area contributed by atoms with Gasteiger partial charge in [-0.15, -0.1) is 0 Å². The lowest BCUT2D eigenvalue weighted by Crippen LogP contribution is -2.23. The molecule has 0 spiro atoms.